The molecular weight excluding hydrogens is 266 g/mol. The topological polar surface area (TPSA) is 67.2 Å². The molecule has 19 heavy (non-hydrogen) atoms. The molecule has 2 atom stereocenters. The van der Waals surface area contributed by atoms with Gasteiger partial charge < -0.3 is 10.4 Å². The van der Waals surface area contributed by atoms with E-state index in [1.165, 1.54) is 17.5 Å². The number of aliphatic hydroxyl groups excluding tert-OH is 1. The van der Waals surface area contributed by atoms with Crippen LogP contribution >= 0.6 is 11.6 Å². The van der Waals surface area contributed by atoms with E-state index in [0.29, 0.717) is 17.6 Å². The van der Waals surface area contributed by atoms with Crippen molar-refractivity contribution in [3.05, 3.63) is 21.6 Å². The third kappa shape index (κ3) is 3.48. The van der Waals surface area contributed by atoms with Gasteiger partial charge in [0.25, 0.3) is 5.56 Å². The third-order valence-corrected chi connectivity index (χ3v) is 3.96. The van der Waals surface area contributed by atoms with Crippen LogP contribution in [0.3, 0.4) is 0 Å². The van der Waals surface area contributed by atoms with E-state index in [9.17, 15) is 4.79 Å². The van der Waals surface area contributed by atoms with Crippen molar-refractivity contribution in [2.24, 2.45) is 5.92 Å². The zero-order chi connectivity index (χ0) is 13.8. The first-order valence-electron chi connectivity index (χ1n) is 6.75. The van der Waals surface area contributed by atoms with Crippen molar-refractivity contribution >= 4 is 17.3 Å². The summed E-state index contributed by atoms with van der Waals surface area (Å²) in [6.45, 7) is 2.28. The van der Waals surface area contributed by atoms with Crippen LogP contribution in [-0.2, 0) is 6.54 Å². The molecule has 5 nitrogen and oxygen atoms in total. The maximum Gasteiger partial charge on any atom is 0.287 e. The molecule has 106 valence electrons. The molecule has 2 N–H and O–H groups in total. The molecular formula is C13H20ClN3O2. The number of hydrogen-bond acceptors (Lipinski definition) is 4. The Bertz CT molecular complexity index is 489. The minimum absolute atomic E-state index is 0.129. The predicted octanol–water partition coefficient (Wildman–Crippen LogP) is 1.88. The predicted molar refractivity (Wildman–Crippen MR) is 75.6 cm³/mol. The van der Waals surface area contributed by atoms with Gasteiger partial charge in [-0.2, -0.15) is 5.10 Å². The summed E-state index contributed by atoms with van der Waals surface area (Å²) in [7, 11) is 0. The maximum atomic E-state index is 11.9. The monoisotopic (exact) mass is 285 g/mol. The zero-order valence-corrected chi connectivity index (χ0v) is 11.9. The van der Waals surface area contributed by atoms with Crippen molar-refractivity contribution < 1.29 is 5.11 Å². The molecule has 0 aliphatic heterocycles. The summed E-state index contributed by atoms with van der Waals surface area (Å²) in [5.41, 5.74) is 0.240. The van der Waals surface area contributed by atoms with Gasteiger partial charge in [-0.05, 0) is 18.8 Å². The third-order valence-electron chi connectivity index (χ3n) is 3.59. The van der Waals surface area contributed by atoms with Gasteiger partial charge in [0.2, 0.25) is 0 Å². The van der Waals surface area contributed by atoms with Gasteiger partial charge >= 0.3 is 0 Å². The molecule has 1 aromatic rings. The first-order chi connectivity index (χ1) is 9.11. The van der Waals surface area contributed by atoms with Crippen LogP contribution in [0.5, 0.6) is 0 Å². The maximum absolute atomic E-state index is 11.9. The lowest BCUT2D eigenvalue weighted by Crippen LogP contribution is -2.30. The average molecular weight is 286 g/mol. The molecule has 1 saturated carbocycles. The molecule has 0 amide bonds. The first-order valence-corrected chi connectivity index (χ1v) is 7.12. The first kappa shape index (κ1) is 14.3. The quantitative estimate of drug-likeness (QED) is 0.886. The summed E-state index contributed by atoms with van der Waals surface area (Å²) in [6.07, 6.45) is 6.23. The second-order valence-corrected chi connectivity index (χ2v) is 5.62. The fourth-order valence-electron chi connectivity index (χ4n) is 2.60. The average Bonchev–Trinajstić information content (AvgIpc) is 2.39. The molecule has 1 aliphatic carbocycles. The second kappa shape index (κ2) is 6.39. The SMILES string of the molecule is CC1CCCC(Nc2cnn(CCO)c(=O)c2Cl)C1. The Morgan fingerprint density at radius 2 is 2.37 bits per heavy atom. The normalized spacial score (nSPS) is 23.3. The van der Waals surface area contributed by atoms with Crippen molar-refractivity contribution in [3.8, 4) is 0 Å². The summed E-state index contributed by atoms with van der Waals surface area (Å²) in [4.78, 5) is 11.9. The van der Waals surface area contributed by atoms with Gasteiger partial charge in [-0.3, -0.25) is 4.79 Å². The molecule has 0 saturated heterocycles. The summed E-state index contributed by atoms with van der Waals surface area (Å²) in [6, 6.07) is 0.358. The number of nitrogens with zero attached hydrogens (tertiary/aromatic N) is 2. The number of aliphatic hydroxyl groups is 1. The standard InChI is InChI=1S/C13H20ClN3O2/c1-9-3-2-4-10(7-9)16-11-8-15-17(5-6-18)13(19)12(11)14/h8-10,16,18H,2-7H2,1H3. The lowest BCUT2D eigenvalue weighted by Gasteiger charge is -2.28. The number of rotatable bonds is 4. The highest BCUT2D eigenvalue weighted by atomic mass is 35.5. The Balaban J connectivity index is 2.12. The van der Waals surface area contributed by atoms with Crippen molar-refractivity contribution in [1.82, 2.24) is 9.78 Å². The van der Waals surface area contributed by atoms with E-state index in [-0.39, 0.29) is 23.7 Å². The van der Waals surface area contributed by atoms with Crippen LogP contribution in [0, 0.1) is 5.92 Å². The smallest absolute Gasteiger partial charge is 0.287 e. The van der Waals surface area contributed by atoms with Crippen LogP contribution in [0.2, 0.25) is 5.02 Å². The largest absolute Gasteiger partial charge is 0.394 e. The van der Waals surface area contributed by atoms with Gasteiger partial charge in [0.05, 0.1) is 25.0 Å². The minimum atomic E-state index is -0.357. The molecule has 0 radical (unpaired) electrons. The van der Waals surface area contributed by atoms with E-state index < -0.39 is 0 Å². The molecule has 1 fully saturated rings. The Kier molecular flexibility index (Phi) is 4.82. The number of halogens is 1. The summed E-state index contributed by atoms with van der Waals surface area (Å²) in [5.74, 6) is 0.702. The highest BCUT2D eigenvalue weighted by Gasteiger charge is 2.20. The van der Waals surface area contributed by atoms with Gasteiger partial charge in [-0.25, -0.2) is 4.68 Å². The van der Waals surface area contributed by atoms with Crippen LogP contribution in [0.15, 0.2) is 11.0 Å². The Morgan fingerprint density at radius 3 is 3.05 bits per heavy atom. The lowest BCUT2D eigenvalue weighted by molar-refractivity contribution is 0.266. The van der Waals surface area contributed by atoms with Crippen molar-refractivity contribution in [2.45, 2.75) is 45.2 Å². The van der Waals surface area contributed by atoms with Crippen LogP contribution in [-0.4, -0.2) is 27.5 Å². The van der Waals surface area contributed by atoms with E-state index in [4.69, 9.17) is 16.7 Å². The van der Waals surface area contributed by atoms with E-state index >= 15 is 0 Å². The van der Waals surface area contributed by atoms with Gasteiger partial charge in [-0.15, -0.1) is 0 Å². The zero-order valence-electron chi connectivity index (χ0n) is 11.1. The number of nitrogens with one attached hydrogen (secondary N) is 1. The van der Waals surface area contributed by atoms with Crippen molar-refractivity contribution in [2.75, 3.05) is 11.9 Å². The van der Waals surface area contributed by atoms with Crippen molar-refractivity contribution in [1.29, 1.82) is 0 Å². The molecule has 1 heterocycles. The molecule has 0 spiro atoms. The van der Waals surface area contributed by atoms with Crippen molar-refractivity contribution in [3.63, 3.8) is 0 Å². The molecule has 1 aliphatic rings. The highest BCUT2D eigenvalue weighted by molar-refractivity contribution is 6.32. The second-order valence-electron chi connectivity index (χ2n) is 5.24. The number of aromatic nitrogens is 2. The van der Waals surface area contributed by atoms with E-state index in [2.05, 4.69) is 17.3 Å². The van der Waals surface area contributed by atoms with Crippen LogP contribution < -0.4 is 10.9 Å². The minimum Gasteiger partial charge on any atom is -0.394 e. The van der Waals surface area contributed by atoms with Crippen LogP contribution in [0.25, 0.3) is 0 Å². The molecule has 6 heteroatoms. The van der Waals surface area contributed by atoms with Crippen LogP contribution in [0.1, 0.15) is 32.6 Å². The van der Waals surface area contributed by atoms with E-state index in [1.54, 1.807) is 6.20 Å². The molecule has 1 aromatic heterocycles. The summed E-state index contributed by atoms with van der Waals surface area (Å²) < 4.78 is 1.18. The van der Waals surface area contributed by atoms with Gasteiger partial charge in [0, 0.05) is 6.04 Å². The van der Waals surface area contributed by atoms with Crippen LogP contribution in [0.4, 0.5) is 5.69 Å². The molecule has 0 bridgehead atoms. The fourth-order valence-corrected chi connectivity index (χ4v) is 2.81. The summed E-state index contributed by atoms with van der Waals surface area (Å²) >= 11 is 6.07. The Hall–Kier alpha value is -1.07. The van der Waals surface area contributed by atoms with Gasteiger partial charge in [0.15, 0.2) is 0 Å². The highest BCUT2D eigenvalue weighted by Crippen LogP contribution is 2.27. The number of hydrogen-bond donors (Lipinski definition) is 2. The lowest BCUT2D eigenvalue weighted by atomic mass is 9.87. The number of anilines is 1. The summed E-state index contributed by atoms with van der Waals surface area (Å²) in [5, 5.41) is 16.3. The fraction of sp³-hybridized carbons (Fsp3) is 0.692. The Labute approximate surface area is 117 Å². The van der Waals surface area contributed by atoms with E-state index in [0.717, 1.165) is 12.8 Å². The van der Waals surface area contributed by atoms with E-state index in [1.807, 2.05) is 0 Å². The van der Waals surface area contributed by atoms with Gasteiger partial charge in [-0.1, -0.05) is 31.4 Å². The Morgan fingerprint density at radius 1 is 1.58 bits per heavy atom. The molecule has 2 rings (SSSR count). The molecule has 0 aromatic carbocycles. The van der Waals surface area contributed by atoms with Gasteiger partial charge in [0.1, 0.15) is 5.02 Å². The molecule has 2 unspecified atom stereocenters.